The number of benzene rings is 1. The van der Waals surface area contributed by atoms with E-state index in [4.69, 9.17) is 22.6 Å². The van der Waals surface area contributed by atoms with Crippen molar-refractivity contribution in [1.82, 2.24) is 5.32 Å². The number of nitrogens with one attached hydrogen (secondary N) is 1. The van der Waals surface area contributed by atoms with E-state index < -0.39 is 5.91 Å². The average molecular weight is 250 g/mol. The Labute approximate surface area is 97.5 Å². The molecule has 1 aromatic rings. The molecule has 82 valence electrons. The molecule has 1 amide bonds. The van der Waals surface area contributed by atoms with E-state index in [9.17, 15) is 4.79 Å². The Kier molecular flexibility index (Phi) is 5.51. The van der Waals surface area contributed by atoms with Gasteiger partial charge in [-0.2, -0.15) is 0 Å². The predicted octanol–water partition coefficient (Wildman–Crippen LogP) is 1.01. The molecule has 0 saturated heterocycles. The Hall–Kier alpha value is -1.46. The number of amides is 1. The highest BCUT2D eigenvalue weighted by molar-refractivity contribution is 6.21. The van der Waals surface area contributed by atoms with Gasteiger partial charge in [-0.15, -0.1) is 16.9 Å². The molecule has 0 fully saturated rings. The number of phenols is 1. The van der Waals surface area contributed by atoms with Gasteiger partial charge in [-0.05, 0) is 24.3 Å². The predicted molar refractivity (Wildman–Crippen MR) is 60.3 cm³/mol. The maximum absolute atomic E-state index is 11.3. The smallest absolute Gasteiger partial charge is 0.257 e. The number of rotatable bonds is 1. The van der Waals surface area contributed by atoms with Gasteiger partial charge in [-0.25, -0.2) is 0 Å². The summed E-state index contributed by atoms with van der Waals surface area (Å²) < 4.78 is 3.06. The number of halogens is 2. The van der Waals surface area contributed by atoms with E-state index in [-0.39, 0.29) is 24.1 Å². The lowest BCUT2D eigenvalue weighted by atomic mass is 10.2. The van der Waals surface area contributed by atoms with Crippen LogP contribution in [0.4, 0.5) is 0 Å². The van der Waals surface area contributed by atoms with E-state index in [0.717, 1.165) is 0 Å². The largest absolute Gasteiger partial charge is 0.508 e. The number of aromatic hydroxyl groups is 1. The second-order valence-corrected chi connectivity index (χ2v) is 2.64. The summed E-state index contributed by atoms with van der Waals surface area (Å²) >= 11 is 5.02. The monoisotopic (exact) mass is 249 g/mol. The van der Waals surface area contributed by atoms with Crippen LogP contribution in [0.25, 0.3) is 0 Å². The first-order chi connectivity index (χ1) is 6.63. The van der Waals surface area contributed by atoms with E-state index in [1.165, 1.54) is 24.3 Å². The van der Waals surface area contributed by atoms with Crippen molar-refractivity contribution in [2.75, 3.05) is 0 Å². The van der Waals surface area contributed by atoms with Crippen LogP contribution in [0.5, 0.6) is 5.75 Å². The Bertz CT molecular complexity index is 365. The highest BCUT2D eigenvalue weighted by atomic mass is 35.5. The Morgan fingerprint density at radius 2 is 1.93 bits per heavy atom. The van der Waals surface area contributed by atoms with Crippen molar-refractivity contribution in [3.63, 3.8) is 0 Å². The number of carbonyl (C=O) groups is 1. The maximum Gasteiger partial charge on any atom is 0.257 e. The molecule has 0 spiro atoms. The fraction of sp³-hybridized carbons (Fsp3) is 0. The Morgan fingerprint density at radius 1 is 1.40 bits per heavy atom. The number of hydrogen-bond donors (Lipinski definition) is 3. The maximum atomic E-state index is 11.3. The summed E-state index contributed by atoms with van der Waals surface area (Å²) in [6.07, 6.45) is 0. The molecule has 0 radical (unpaired) electrons. The van der Waals surface area contributed by atoms with Crippen LogP contribution in [-0.2, 0) is 0 Å². The van der Waals surface area contributed by atoms with Crippen LogP contribution in [0, 0.1) is 0 Å². The number of phenolic OH excluding ortho intramolecular Hbond substituents is 1. The third kappa shape index (κ3) is 4.05. The molecule has 0 unspecified atom stereocenters. The van der Waals surface area contributed by atoms with Crippen molar-refractivity contribution in [2.45, 2.75) is 0 Å². The number of hydrogen-bond acceptors (Lipinski definition) is 3. The van der Waals surface area contributed by atoms with Crippen molar-refractivity contribution < 1.29 is 9.90 Å². The number of carbonyl (C=O) groups excluding carboxylic acids is 1. The van der Waals surface area contributed by atoms with Crippen LogP contribution < -0.4 is 11.1 Å². The molecule has 0 aliphatic rings. The van der Waals surface area contributed by atoms with Crippen LogP contribution in [0.3, 0.4) is 0 Å². The van der Waals surface area contributed by atoms with Gasteiger partial charge in [-0.3, -0.25) is 10.1 Å². The van der Waals surface area contributed by atoms with Crippen molar-refractivity contribution in [3.05, 3.63) is 29.8 Å². The molecule has 0 atom stereocenters. The lowest BCUT2D eigenvalue weighted by Gasteiger charge is -2.02. The van der Waals surface area contributed by atoms with Gasteiger partial charge in [0.05, 0.1) is 0 Å². The Morgan fingerprint density at radius 3 is 2.40 bits per heavy atom. The van der Waals surface area contributed by atoms with Gasteiger partial charge in [0.25, 0.3) is 5.91 Å². The van der Waals surface area contributed by atoms with Gasteiger partial charge in [-0.1, -0.05) is 0 Å². The van der Waals surface area contributed by atoms with Crippen LogP contribution >= 0.6 is 24.2 Å². The molecule has 0 aliphatic carbocycles. The lowest BCUT2D eigenvalue weighted by Crippen LogP contribution is -2.36. The lowest BCUT2D eigenvalue weighted by molar-refractivity contribution is 0.0977. The highest BCUT2D eigenvalue weighted by Gasteiger charge is 2.05. The molecule has 1 rings (SSSR count). The van der Waals surface area contributed by atoms with Crippen LogP contribution in [-0.4, -0.2) is 17.0 Å². The summed E-state index contributed by atoms with van der Waals surface area (Å²) in [4.78, 5) is 11.3. The van der Waals surface area contributed by atoms with Crippen molar-refractivity contribution >= 4 is 36.1 Å². The van der Waals surface area contributed by atoms with Crippen LogP contribution in [0.1, 0.15) is 10.4 Å². The second-order valence-electron chi connectivity index (χ2n) is 2.47. The van der Waals surface area contributed by atoms with E-state index in [1.54, 1.807) is 0 Å². The first kappa shape index (κ1) is 13.5. The summed E-state index contributed by atoms with van der Waals surface area (Å²) in [5.74, 6) is -0.530. The minimum atomic E-state index is -0.438. The summed E-state index contributed by atoms with van der Waals surface area (Å²) in [6, 6.07) is 5.68. The molecule has 5 nitrogen and oxygen atoms in total. The third-order valence-corrected chi connectivity index (χ3v) is 1.64. The summed E-state index contributed by atoms with van der Waals surface area (Å²) in [5.41, 5.74) is 5.53. The van der Waals surface area contributed by atoms with E-state index in [0.29, 0.717) is 5.56 Å². The number of guanidine groups is 1. The molecular formula is C8H9Cl2N3O2. The van der Waals surface area contributed by atoms with E-state index >= 15 is 0 Å². The molecule has 15 heavy (non-hydrogen) atoms. The van der Waals surface area contributed by atoms with Gasteiger partial charge in [0.2, 0.25) is 5.96 Å². The average Bonchev–Trinajstić information content (AvgIpc) is 2.18. The standard InChI is InChI=1S/C8H8ClN3O2.ClH/c9-12-8(10)11-7(14)5-1-3-6(13)4-2-5;/h1-4,13H,(H3,10,11,12,14);1H. The van der Waals surface area contributed by atoms with Crippen LogP contribution in [0.2, 0.25) is 0 Å². The van der Waals surface area contributed by atoms with E-state index in [1.807, 2.05) is 0 Å². The molecule has 0 heterocycles. The molecule has 1 aromatic carbocycles. The summed E-state index contributed by atoms with van der Waals surface area (Å²) in [5, 5.41) is 11.2. The number of nitrogens with two attached hydrogens (primary N) is 1. The minimum absolute atomic E-state index is 0. The first-order valence-electron chi connectivity index (χ1n) is 3.68. The van der Waals surface area contributed by atoms with Crippen molar-refractivity contribution in [1.29, 1.82) is 0 Å². The first-order valence-corrected chi connectivity index (χ1v) is 4.02. The normalized spacial score (nSPS) is 10.3. The fourth-order valence-corrected chi connectivity index (χ4v) is 0.865. The van der Waals surface area contributed by atoms with Crippen LogP contribution in [0.15, 0.2) is 28.8 Å². The summed E-state index contributed by atoms with van der Waals surface area (Å²) in [6.45, 7) is 0. The molecule has 4 N–H and O–H groups in total. The molecule has 0 saturated carbocycles. The van der Waals surface area contributed by atoms with E-state index in [2.05, 4.69) is 9.83 Å². The van der Waals surface area contributed by atoms with Gasteiger partial charge in [0.1, 0.15) is 5.75 Å². The zero-order valence-corrected chi connectivity index (χ0v) is 9.05. The summed E-state index contributed by atoms with van der Waals surface area (Å²) in [7, 11) is 0. The Balaban J connectivity index is 0.00000196. The van der Waals surface area contributed by atoms with Gasteiger partial charge in [0.15, 0.2) is 0 Å². The quantitative estimate of drug-likeness (QED) is 0.513. The molecule has 0 aromatic heterocycles. The molecular weight excluding hydrogens is 241 g/mol. The van der Waals surface area contributed by atoms with Crippen molar-refractivity contribution in [3.8, 4) is 5.75 Å². The SMILES string of the molecule is Cl.NC(=NCl)NC(=O)c1ccc(O)cc1. The molecule has 7 heteroatoms. The third-order valence-electron chi connectivity index (χ3n) is 1.46. The fourth-order valence-electron chi connectivity index (χ4n) is 0.822. The minimum Gasteiger partial charge on any atom is -0.508 e. The second kappa shape index (κ2) is 6.10. The zero-order valence-electron chi connectivity index (χ0n) is 7.48. The van der Waals surface area contributed by atoms with Gasteiger partial charge < -0.3 is 10.8 Å². The number of nitrogens with zero attached hydrogens (tertiary/aromatic N) is 1. The molecule has 0 bridgehead atoms. The zero-order chi connectivity index (χ0) is 10.6. The molecule has 0 aliphatic heterocycles. The van der Waals surface area contributed by atoms with Gasteiger partial charge in [0, 0.05) is 17.3 Å². The van der Waals surface area contributed by atoms with Gasteiger partial charge >= 0.3 is 0 Å². The van der Waals surface area contributed by atoms with Crippen molar-refractivity contribution in [2.24, 2.45) is 10.2 Å². The topological polar surface area (TPSA) is 87.7 Å². The highest BCUT2D eigenvalue weighted by Crippen LogP contribution is 2.09.